The van der Waals surface area contributed by atoms with Crippen molar-refractivity contribution in [3.63, 3.8) is 0 Å². The van der Waals surface area contributed by atoms with E-state index in [1.54, 1.807) is 18.3 Å². The van der Waals surface area contributed by atoms with Crippen LogP contribution in [0.5, 0.6) is 0 Å². The van der Waals surface area contributed by atoms with E-state index in [0.717, 1.165) is 29.9 Å². The maximum atomic E-state index is 12.1. The molecule has 1 aliphatic rings. The average molecular weight is 364 g/mol. The number of halogens is 1. The lowest BCUT2D eigenvalue weighted by molar-refractivity contribution is 0.0991. The molecule has 0 spiro atoms. The van der Waals surface area contributed by atoms with E-state index in [9.17, 15) is 4.79 Å². The highest BCUT2D eigenvalue weighted by Crippen LogP contribution is 2.16. The number of carbonyl (C=O) groups excluding carboxylic acids is 1. The van der Waals surface area contributed by atoms with Crippen molar-refractivity contribution in [3.8, 4) is 0 Å². The van der Waals surface area contributed by atoms with Gasteiger partial charge in [-0.3, -0.25) is 9.69 Å². The number of pyridine rings is 1. The van der Waals surface area contributed by atoms with E-state index in [0.29, 0.717) is 11.6 Å². The van der Waals surface area contributed by atoms with Gasteiger partial charge in [0.25, 0.3) is 5.91 Å². The van der Waals surface area contributed by atoms with Crippen LogP contribution in [0.1, 0.15) is 35.6 Å². The summed E-state index contributed by atoms with van der Waals surface area (Å²) < 4.78 is 6.52. The summed E-state index contributed by atoms with van der Waals surface area (Å²) in [6.45, 7) is 2.97. The number of anilines is 1. The molecule has 0 aliphatic carbocycles. The van der Waals surface area contributed by atoms with Gasteiger partial charge in [0.05, 0.1) is 6.54 Å². The van der Waals surface area contributed by atoms with Crippen LogP contribution in [0.4, 0.5) is 5.82 Å². The van der Waals surface area contributed by atoms with Crippen LogP contribution in [0, 0.1) is 0 Å². The number of nitrogens with one attached hydrogen (secondary N) is 1. The van der Waals surface area contributed by atoms with Gasteiger partial charge < -0.3 is 9.73 Å². The zero-order valence-corrected chi connectivity index (χ0v) is 13.8. The molecule has 2 aromatic rings. The maximum absolute atomic E-state index is 12.1. The SMILES string of the molecule is O=C(Nc1ccc(Br)cn1)c1ccc(CN2CCCCC2)o1. The van der Waals surface area contributed by atoms with Crippen molar-refractivity contribution >= 4 is 27.7 Å². The van der Waals surface area contributed by atoms with Crippen molar-refractivity contribution in [1.82, 2.24) is 9.88 Å². The molecule has 6 heteroatoms. The highest BCUT2D eigenvalue weighted by Gasteiger charge is 2.15. The van der Waals surface area contributed by atoms with Crippen LogP contribution in [-0.4, -0.2) is 28.9 Å². The van der Waals surface area contributed by atoms with E-state index in [-0.39, 0.29) is 5.91 Å². The largest absolute Gasteiger partial charge is 0.455 e. The fourth-order valence-electron chi connectivity index (χ4n) is 2.55. The molecule has 3 heterocycles. The molecule has 0 saturated carbocycles. The highest BCUT2D eigenvalue weighted by molar-refractivity contribution is 9.10. The fourth-order valence-corrected chi connectivity index (χ4v) is 2.79. The van der Waals surface area contributed by atoms with Crippen LogP contribution < -0.4 is 5.32 Å². The molecule has 0 unspecified atom stereocenters. The summed E-state index contributed by atoms with van der Waals surface area (Å²) in [5, 5.41) is 2.72. The van der Waals surface area contributed by atoms with Crippen LogP contribution in [0.3, 0.4) is 0 Å². The number of furan rings is 1. The quantitative estimate of drug-likeness (QED) is 0.899. The second-order valence-electron chi connectivity index (χ2n) is 5.42. The Balaban J connectivity index is 1.60. The molecule has 1 aliphatic heterocycles. The zero-order valence-electron chi connectivity index (χ0n) is 12.2. The Kier molecular flexibility index (Phi) is 4.90. The monoisotopic (exact) mass is 363 g/mol. The van der Waals surface area contributed by atoms with E-state index < -0.39 is 0 Å². The standard InChI is InChI=1S/C16H18BrN3O2/c17-12-4-7-15(18-10-12)19-16(21)14-6-5-13(22-14)11-20-8-2-1-3-9-20/h4-7,10H,1-3,8-9,11H2,(H,18,19,21). The number of hydrogen-bond donors (Lipinski definition) is 1. The third kappa shape index (κ3) is 3.96. The van der Waals surface area contributed by atoms with Gasteiger partial charge in [-0.25, -0.2) is 4.98 Å². The summed E-state index contributed by atoms with van der Waals surface area (Å²) in [6.07, 6.45) is 5.43. The topological polar surface area (TPSA) is 58.4 Å². The van der Waals surface area contributed by atoms with Crippen molar-refractivity contribution in [3.05, 3.63) is 46.5 Å². The Bertz CT molecular complexity index is 633. The zero-order chi connectivity index (χ0) is 15.4. The molecular formula is C16H18BrN3O2. The summed E-state index contributed by atoms with van der Waals surface area (Å²) >= 11 is 3.31. The number of hydrogen-bond acceptors (Lipinski definition) is 4. The van der Waals surface area contributed by atoms with Gasteiger partial charge >= 0.3 is 0 Å². The molecule has 0 radical (unpaired) electrons. The lowest BCUT2D eigenvalue weighted by atomic mass is 10.1. The van der Waals surface area contributed by atoms with Gasteiger partial charge in [-0.1, -0.05) is 6.42 Å². The Morgan fingerprint density at radius 1 is 1.23 bits per heavy atom. The smallest absolute Gasteiger partial charge is 0.292 e. The van der Waals surface area contributed by atoms with Crippen LogP contribution in [-0.2, 0) is 6.54 Å². The van der Waals surface area contributed by atoms with Crippen LogP contribution in [0.15, 0.2) is 39.4 Å². The van der Waals surface area contributed by atoms with E-state index in [1.807, 2.05) is 12.1 Å². The third-order valence-corrected chi connectivity index (χ3v) is 4.15. The average Bonchev–Trinajstić information content (AvgIpc) is 2.99. The summed E-state index contributed by atoms with van der Waals surface area (Å²) in [5.74, 6) is 1.37. The molecule has 0 bridgehead atoms. The molecule has 1 fully saturated rings. The second-order valence-corrected chi connectivity index (χ2v) is 6.33. The molecular weight excluding hydrogens is 346 g/mol. The van der Waals surface area contributed by atoms with Crippen LogP contribution in [0.2, 0.25) is 0 Å². The van der Waals surface area contributed by atoms with Gasteiger partial charge in [-0.2, -0.15) is 0 Å². The molecule has 5 nitrogen and oxygen atoms in total. The second kappa shape index (κ2) is 7.07. The first-order valence-electron chi connectivity index (χ1n) is 7.45. The molecule has 0 atom stereocenters. The number of likely N-dealkylation sites (tertiary alicyclic amines) is 1. The van der Waals surface area contributed by atoms with Crippen molar-refractivity contribution < 1.29 is 9.21 Å². The van der Waals surface area contributed by atoms with Gasteiger partial charge in [0, 0.05) is 10.7 Å². The Labute approximate surface area is 137 Å². The number of amides is 1. The van der Waals surface area contributed by atoms with Crippen LogP contribution >= 0.6 is 15.9 Å². The molecule has 1 amide bonds. The molecule has 1 N–H and O–H groups in total. The number of rotatable bonds is 4. The molecule has 3 rings (SSSR count). The van der Waals surface area contributed by atoms with Gasteiger partial charge in [0.1, 0.15) is 11.6 Å². The Hall–Kier alpha value is -1.66. The minimum absolute atomic E-state index is 0.278. The fraction of sp³-hybridized carbons (Fsp3) is 0.375. The highest BCUT2D eigenvalue weighted by atomic mass is 79.9. The van der Waals surface area contributed by atoms with E-state index in [1.165, 1.54) is 19.3 Å². The maximum Gasteiger partial charge on any atom is 0.292 e. The molecule has 22 heavy (non-hydrogen) atoms. The van der Waals surface area contributed by atoms with E-state index in [4.69, 9.17) is 4.42 Å². The first-order chi connectivity index (χ1) is 10.7. The minimum Gasteiger partial charge on any atom is -0.455 e. The van der Waals surface area contributed by atoms with Crippen molar-refractivity contribution in [2.45, 2.75) is 25.8 Å². The minimum atomic E-state index is -0.278. The van der Waals surface area contributed by atoms with Gasteiger partial charge in [-0.15, -0.1) is 0 Å². The van der Waals surface area contributed by atoms with Crippen molar-refractivity contribution in [1.29, 1.82) is 0 Å². The molecule has 1 saturated heterocycles. The Morgan fingerprint density at radius 3 is 2.77 bits per heavy atom. The first-order valence-corrected chi connectivity index (χ1v) is 8.24. The van der Waals surface area contributed by atoms with E-state index >= 15 is 0 Å². The number of aromatic nitrogens is 1. The van der Waals surface area contributed by atoms with Gasteiger partial charge in [0.15, 0.2) is 5.76 Å². The van der Waals surface area contributed by atoms with Crippen LogP contribution in [0.25, 0.3) is 0 Å². The third-order valence-electron chi connectivity index (χ3n) is 3.68. The van der Waals surface area contributed by atoms with Crippen molar-refractivity contribution in [2.24, 2.45) is 0 Å². The Morgan fingerprint density at radius 2 is 2.05 bits per heavy atom. The lowest BCUT2D eigenvalue weighted by Crippen LogP contribution is -2.28. The molecule has 116 valence electrons. The summed E-state index contributed by atoms with van der Waals surface area (Å²) in [5.41, 5.74) is 0. The number of piperidine rings is 1. The van der Waals surface area contributed by atoms with E-state index in [2.05, 4.69) is 31.1 Å². The predicted molar refractivity (Wildman–Crippen MR) is 87.7 cm³/mol. The summed E-state index contributed by atoms with van der Waals surface area (Å²) in [7, 11) is 0. The molecule has 0 aromatic carbocycles. The number of nitrogens with zero attached hydrogens (tertiary/aromatic N) is 2. The molecule has 2 aromatic heterocycles. The lowest BCUT2D eigenvalue weighted by Gasteiger charge is -2.25. The first kappa shape index (κ1) is 15.2. The number of carbonyl (C=O) groups is 1. The summed E-state index contributed by atoms with van der Waals surface area (Å²) in [4.78, 5) is 18.6. The normalized spacial score (nSPS) is 15.7. The van der Waals surface area contributed by atoms with Crippen molar-refractivity contribution in [2.75, 3.05) is 18.4 Å². The van der Waals surface area contributed by atoms with Gasteiger partial charge in [0.2, 0.25) is 0 Å². The predicted octanol–water partition coefficient (Wildman–Crippen LogP) is 3.68. The summed E-state index contributed by atoms with van der Waals surface area (Å²) in [6, 6.07) is 7.15. The van der Waals surface area contributed by atoms with Gasteiger partial charge in [-0.05, 0) is 66.1 Å².